The number of hydrogen-bond donors (Lipinski definition) is 3. The maximum Gasteiger partial charge on any atom is 0.230 e. The van der Waals surface area contributed by atoms with Gasteiger partial charge in [-0.15, -0.1) is 0 Å². The Bertz CT molecular complexity index is 905. The van der Waals surface area contributed by atoms with Crippen LogP contribution >= 0.6 is 0 Å². The van der Waals surface area contributed by atoms with Crippen LogP contribution in [0.3, 0.4) is 0 Å². The normalized spacial score (nSPS) is 12.7. The third kappa shape index (κ3) is 16.4. The van der Waals surface area contributed by atoms with Crippen LogP contribution in [-0.2, 0) is 25.4 Å². The SMILES string of the molecule is C=C(NS(C)(=O)=O)N(C)C(CC)(CC(C)=N)c1ccccc1.CCCCNC.CS(C)(=O)=O. The van der Waals surface area contributed by atoms with E-state index in [2.05, 4.69) is 23.5 Å². The monoisotopic (exact) mass is 504 g/mol. The van der Waals surface area contributed by atoms with E-state index in [0.717, 1.165) is 30.9 Å². The molecule has 0 saturated carbocycles. The van der Waals surface area contributed by atoms with Gasteiger partial charge in [-0.1, -0.05) is 57.2 Å². The number of sulfone groups is 1. The molecule has 0 radical (unpaired) electrons. The molecule has 1 unspecified atom stereocenters. The van der Waals surface area contributed by atoms with Crippen molar-refractivity contribution in [3.63, 3.8) is 0 Å². The molecule has 1 aromatic carbocycles. The summed E-state index contributed by atoms with van der Waals surface area (Å²) in [5, 5.41) is 11.0. The van der Waals surface area contributed by atoms with Crippen molar-refractivity contribution >= 4 is 25.6 Å². The molecule has 0 aliphatic carbocycles. The molecule has 33 heavy (non-hydrogen) atoms. The summed E-state index contributed by atoms with van der Waals surface area (Å²) in [5.74, 6) is 0.300. The molecule has 0 aliphatic rings. The zero-order valence-corrected chi connectivity index (χ0v) is 23.2. The largest absolute Gasteiger partial charge is 0.351 e. The van der Waals surface area contributed by atoms with Crippen LogP contribution in [0.1, 0.15) is 52.0 Å². The Morgan fingerprint density at radius 3 is 1.88 bits per heavy atom. The van der Waals surface area contributed by atoms with Crippen molar-refractivity contribution < 1.29 is 16.8 Å². The number of nitrogens with zero attached hydrogens (tertiary/aromatic N) is 1. The second kappa shape index (κ2) is 15.8. The van der Waals surface area contributed by atoms with Crippen LogP contribution in [0, 0.1) is 5.41 Å². The van der Waals surface area contributed by atoms with Crippen molar-refractivity contribution in [2.24, 2.45) is 0 Å². The minimum absolute atomic E-state index is 0.300. The Morgan fingerprint density at radius 1 is 1.09 bits per heavy atom. The molecule has 1 rings (SSSR count). The van der Waals surface area contributed by atoms with E-state index >= 15 is 0 Å². The van der Waals surface area contributed by atoms with Crippen molar-refractivity contribution in [2.45, 2.75) is 52.0 Å². The second-order valence-electron chi connectivity index (χ2n) is 8.19. The maximum atomic E-state index is 11.5. The first-order valence-electron chi connectivity index (χ1n) is 10.8. The van der Waals surface area contributed by atoms with Crippen LogP contribution in [-0.4, -0.2) is 66.9 Å². The number of benzene rings is 1. The Kier molecular flexibility index (Phi) is 16.0. The first-order chi connectivity index (χ1) is 15.0. The lowest BCUT2D eigenvalue weighted by molar-refractivity contribution is 0.156. The molecule has 0 heterocycles. The lowest BCUT2D eigenvalue weighted by Gasteiger charge is -2.44. The number of nitrogens with one attached hydrogen (secondary N) is 3. The van der Waals surface area contributed by atoms with Crippen LogP contribution < -0.4 is 10.0 Å². The topological polar surface area (TPSA) is 119 Å². The molecule has 3 N–H and O–H groups in total. The van der Waals surface area contributed by atoms with Crippen LogP contribution in [0.15, 0.2) is 42.7 Å². The van der Waals surface area contributed by atoms with Gasteiger partial charge in [-0.25, -0.2) is 16.8 Å². The summed E-state index contributed by atoms with van der Waals surface area (Å²) >= 11 is 0. The first kappa shape index (κ1) is 33.3. The maximum absolute atomic E-state index is 11.5. The van der Waals surface area contributed by atoms with Gasteiger partial charge in [0.15, 0.2) is 0 Å². The van der Waals surface area contributed by atoms with Crippen LogP contribution in [0.5, 0.6) is 0 Å². The van der Waals surface area contributed by atoms with Crippen molar-refractivity contribution in [1.82, 2.24) is 14.9 Å². The molecule has 0 bridgehead atoms. The van der Waals surface area contributed by atoms with Gasteiger partial charge in [-0.3, -0.25) is 4.72 Å². The van der Waals surface area contributed by atoms with E-state index in [4.69, 9.17) is 5.41 Å². The second-order valence-corrected chi connectivity index (χ2v) is 12.2. The van der Waals surface area contributed by atoms with Crippen molar-refractivity contribution in [3.05, 3.63) is 48.3 Å². The molecule has 1 atom stereocenters. The van der Waals surface area contributed by atoms with Gasteiger partial charge >= 0.3 is 0 Å². The van der Waals surface area contributed by atoms with Gasteiger partial charge < -0.3 is 15.6 Å². The van der Waals surface area contributed by atoms with Gasteiger partial charge in [-0.05, 0) is 38.9 Å². The van der Waals surface area contributed by atoms with E-state index in [-0.39, 0.29) is 0 Å². The highest BCUT2D eigenvalue weighted by molar-refractivity contribution is 7.90. The van der Waals surface area contributed by atoms with E-state index in [1.807, 2.05) is 49.2 Å². The summed E-state index contributed by atoms with van der Waals surface area (Å²) in [5.41, 5.74) is 1.05. The molecule has 192 valence electrons. The van der Waals surface area contributed by atoms with Gasteiger partial charge in [0.05, 0.1) is 11.8 Å². The Balaban J connectivity index is 0. The fourth-order valence-electron chi connectivity index (χ4n) is 3.06. The Labute approximate surface area is 202 Å². The molecule has 0 aliphatic heterocycles. The molecule has 0 fully saturated rings. The predicted molar refractivity (Wildman–Crippen MR) is 141 cm³/mol. The zero-order chi connectivity index (χ0) is 26.3. The van der Waals surface area contributed by atoms with Crippen LogP contribution in [0.25, 0.3) is 0 Å². The fraction of sp³-hybridized carbons (Fsp3) is 0.609. The average molecular weight is 505 g/mol. The van der Waals surface area contributed by atoms with Crippen LogP contribution in [0.4, 0.5) is 0 Å². The minimum Gasteiger partial charge on any atom is -0.351 e. The van der Waals surface area contributed by atoms with Crippen molar-refractivity contribution in [3.8, 4) is 0 Å². The smallest absolute Gasteiger partial charge is 0.230 e. The number of hydrogen-bond acceptors (Lipinski definition) is 7. The molecule has 1 aromatic rings. The molecule has 0 saturated heterocycles. The standard InChI is InChI=1S/C16H25N3O2S.C5H13N.C2H6O2S/c1-6-16(12-13(2)17,15-10-8-7-9-11-15)19(4)14(3)18-22(5,20)21;1-3-4-5-6-2;1-5(2,3)4/h7-11,17-18H,3,6,12H2,1-2,4-5H3;6H,3-5H2,1-2H3;1-2H3. The third-order valence-corrected chi connectivity index (χ3v) is 5.19. The molecular weight excluding hydrogens is 460 g/mol. The van der Waals surface area contributed by atoms with Crippen molar-refractivity contribution in [2.75, 3.05) is 39.4 Å². The van der Waals surface area contributed by atoms with E-state index in [0.29, 0.717) is 24.4 Å². The molecule has 8 nitrogen and oxygen atoms in total. The highest BCUT2D eigenvalue weighted by Gasteiger charge is 2.36. The lowest BCUT2D eigenvalue weighted by atomic mass is 9.81. The van der Waals surface area contributed by atoms with E-state index < -0.39 is 25.4 Å². The number of rotatable bonds is 11. The number of unbranched alkanes of at least 4 members (excludes halogenated alkanes) is 1. The molecule has 0 aromatic heterocycles. The Hall–Kier alpha value is -1.91. The van der Waals surface area contributed by atoms with Gasteiger partial charge in [-0.2, -0.15) is 0 Å². The quantitative estimate of drug-likeness (QED) is 0.314. The van der Waals surface area contributed by atoms with E-state index in [9.17, 15) is 16.8 Å². The first-order valence-corrected chi connectivity index (χ1v) is 15.0. The molecule has 10 heteroatoms. The van der Waals surface area contributed by atoms with E-state index in [1.165, 1.54) is 12.8 Å². The molecule has 0 amide bonds. The lowest BCUT2D eigenvalue weighted by Crippen LogP contribution is -2.47. The highest BCUT2D eigenvalue weighted by Crippen LogP contribution is 2.36. The minimum atomic E-state index is -3.39. The van der Waals surface area contributed by atoms with Crippen LogP contribution in [0.2, 0.25) is 0 Å². The fourth-order valence-corrected chi connectivity index (χ4v) is 3.63. The Morgan fingerprint density at radius 2 is 1.58 bits per heavy atom. The summed E-state index contributed by atoms with van der Waals surface area (Å²) in [4.78, 5) is 1.82. The van der Waals surface area contributed by atoms with Gasteiger partial charge in [0.1, 0.15) is 15.7 Å². The number of sulfonamides is 1. The van der Waals surface area contributed by atoms with E-state index in [1.54, 1.807) is 14.0 Å². The summed E-state index contributed by atoms with van der Waals surface area (Å²) < 4.78 is 44.7. The molecule has 0 spiro atoms. The summed E-state index contributed by atoms with van der Waals surface area (Å²) in [7, 11) is -2.27. The van der Waals surface area contributed by atoms with Crippen molar-refractivity contribution in [1.29, 1.82) is 5.41 Å². The summed E-state index contributed by atoms with van der Waals surface area (Å²) in [6, 6.07) is 9.82. The van der Waals surface area contributed by atoms with Gasteiger partial charge in [0, 0.05) is 31.7 Å². The van der Waals surface area contributed by atoms with Gasteiger partial charge in [0.25, 0.3) is 0 Å². The summed E-state index contributed by atoms with van der Waals surface area (Å²) in [6.45, 7) is 11.0. The third-order valence-electron chi connectivity index (χ3n) is 4.58. The average Bonchev–Trinajstić information content (AvgIpc) is 2.68. The highest BCUT2D eigenvalue weighted by atomic mass is 32.2. The zero-order valence-electron chi connectivity index (χ0n) is 21.5. The van der Waals surface area contributed by atoms with Gasteiger partial charge in [0.2, 0.25) is 10.0 Å². The molecular formula is C23H44N4O4S2. The predicted octanol–water partition coefficient (Wildman–Crippen LogP) is 3.34. The summed E-state index contributed by atoms with van der Waals surface area (Å²) in [6.07, 6.45) is 7.23.